The zero-order valence-corrected chi connectivity index (χ0v) is 7.18. The van der Waals surface area contributed by atoms with Crippen LogP contribution in [0, 0.1) is 0 Å². The fourth-order valence-corrected chi connectivity index (χ4v) is 1.12. The zero-order valence-electron chi connectivity index (χ0n) is 7.18. The maximum atomic E-state index is 11.1. The predicted octanol–water partition coefficient (Wildman–Crippen LogP) is 0.00860. The average Bonchev–Trinajstić information content (AvgIpc) is 2.30. The Kier molecular flexibility index (Phi) is 2.08. The molecular weight excluding hydrogens is 156 g/mol. The number of cyclic esters (lactones) is 1. The number of allylic oxidation sites excluding steroid dienone is 2. The highest BCUT2D eigenvalue weighted by Crippen LogP contribution is 2.23. The molecule has 0 aromatic heterocycles. The van der Waals surface area contributed by atoms with Gasteiger partial charge in [0.15, 0.2) is 0 Å². The summed E-state index contributed by atoms with van der Waals surface area (Å²) in [6.45, 7) is 3.62. The van der Waals surface area contributed by atoms with E-state index in [2.05, 4.69) is 0 Å². The minimum Gasteiger partial charge on any atom is -0.457 e. The van der Waals surface area contributed by atoms with E-state index in [4.69, 9.17) is 16.2 Å². The minimum absolute atomic E-state index is 0.241. The van der Waals surface area contributed by atoms with Crippen molar-refractivity contribution in [2.24, 2.45) is 11.5 Å². The van der Waals surface area contributed by atoms with E-state index in [1.807, 2.05) is 0 Å². The summed E-state index contributed by atoms with van der Waals surface area (Å²) in [7, 11) is 0. The molecule has 1 saturated heterocycles. The monoisotopic (exact) mass is 168 g/mol. The first-order valence-corrected chi connectivity index (χ1v) is 3.63. The second-order valence-corrected chi connectivity index (χ2v) is 2.80. The molecular formula is C8H12N2O2. The molecule has 66 valence electrons. The third-order valence-corrected chi connectivity index (χ3v) is 1.72. The number of esters is 1. The molecule has 1 aliphatic rings. The van der Waals surface area contributed by atoms with Crippen molar-refractivity contribution >= 4 is 5.97 Å². The summed E-state index contributed by atoms with van der Waals surface area (Å²) < 4.78 is 4.79. The van der Waals surface area contributed by atoms with Crippen molar-refractivity contribution in [2.45, 2.75) is 13.8 Å². The Morgan fingerprint density at radius 2 is 1.92 bits per heavy atom. The van der Waals surface area contributed by atoms with E-state index in [1.165, 1.54) is 0 Å². The van der Waals surface area contributed by atoms with Gasteiger partial charge in [0.05, 0.1) is 5.57 Å². The van der Waals surface area contributed by atoms with Crippen LogP contribution in [0.4, 0.5) is 0 Å². The Morgan fingerprint density at radius 3 is 2.25 bits per heavy atom. The van der Waals surface area contributed by atoms with Crippen LogP contribution in [0.5, 0.6) is 0 Å². The summed E-state index contributed by atoms with van der Waals surface area (Å²) in [6.07, 6.45) is 0. The van der Waals surface area contributed by atoms with Crippen LogP contribution in [0.25, 0.3) is 0 Å². The lowest BCUT2D eigenvalue weighted by Gasteiger charge is -1.99. The molecule has 1 rings (SSSR count). The molecule has 0 amide bonds. The molecule has 0 spiro atoms. The lowest BCUT2D eigenvalue weighted by atomic mass is 10.1. The van der Waals surface area contributed by atoms with Gasteiger partial charge in [0.2, 0.25) is 0 Å². The van der Waals surface area contributed by atoms with Crippen LogP contribution in [-0.2, 0) is 9.53 Å². The van der Waals surface area contributed by atoms with Crippen LogP contribution >= 0.6 is 0 Å². The van der Waals surface area contributed by atoms with Crippen LogP contribution < -0.4 is 11.5 Å². The van der Waals surface area contributed by atoms with Gasteiger partial charge in [-0.05, 0) is 13.8 Å². The molecule has 0 atom stereocenters. The molecule has 4 nitrogen and oxygen atoms in total. The molecule has 0 aliphatic carbocycles. The van der Waals surface area contributed by atoms with Crippen LogP contribution in [0.1, 0.15) is 13.8 Å². The van der Waals surface area contributed by atoms with E-state index >= 15 is 0 Å². The van der Waals surface area contributed by atoms with Gasteiger partial charge in [-0.15, -0.1) is 0 Å². The molecule has 4 N–H and O–H groups in total. The molecule has 0 bridgehead atoms. The van der Waals surface area contributed by atoms with Gasteiger partial charge in [-0.25, -0.2) is 4.79 Å². The first-order valence-electron chi connectivity index (χ1n) is 3.63. The lowest BCUT2D eigenvalue weighted by Crippen LogP contribution is -2.07. The number of carbonyl (C=O) groups excluding carboxylic acids is 1. The van der Waals surface area contributed by atoms with E-state index in [1.54, 1.807) is 13.8 Å². The first kappa shape index (κ1) is 8.64. The summed E-state index contributed by atoms with van der Waals surface area (Å²) in [6, 6.07) is 0. The molecule has 1 heterocycles. The fraction of sp³-hybridized carbons (Fsp3) is 0.375. The molecule has 0 unspecified atom stereocenters. The molecule has 4 heteroatoms. The van der Waals surface area contributed by atoms with E-state index in [0.717, 1.165) is 0 Å². The van der Waals surface area contributed by atoms with Crippen LogP contribution in [0.15, 0.2) is 22.5 Å². The Bertz CT molecular complexity index is 281. The van der Waals surface area contributed by atoms with Gasteiger partial charge in [-0.3, -0.25) is 0 Å². The first-order chi connectivity index (χ1) is 5.54. The summed E-state index contributed by atoms with van der Waals surface area (Å²) >= 11 is 0. The average molecular weight is 168 g/mol. The molecule has 0 saturated carbocycles. The molecule has 0 aromatic rings. The molecule has 12 heavy (non-hydrogen) atoms. The summed E-state index contributed by atoms with van der Waals surface area (Å²) in [5.41, 5.74) is 13.2. The van der Waals surface area contributed by atoms with Crippen molar-refractivity contribution in [3.63, 3.8) is 0 Å². The third-order valence-electron chi connectivity index (χ3n) is 1.72. The SMILES string of the molecule is C/C(N)=C1\COC(=O)\C1=C(/C)N. The fourth-order valence-electron chi connectivity index (χ4n) is 1.12. The Labute approximate surface area is 70.9 Å². The van der Waals surface area contributed by atoms with Crippen molar-refractivity contribution < 1.29 is 9.53 Å². The molecule has 1 aliphatic heterocycles. The number of carbonyl (C=O) groups is 1. The van der Waals surface area contributed by atoms with Crippen molar-refractivity contribution in [3.05, 3.63) is 22.5 Å². The van der Waals surface area contributed by atoms with E-state index in [-0.39, 0.29) is 12.6 Å². The highest BCUT2D eigenvalue weighted by molar-refractivity contribution is 5.97. The van der Waals surface area contributed by atoms with Gasteiger partial charge in [-0.2, -0.15) is 0 Å². The highest BCUT2D eigenvalue weighted by Gasteiger charge is 2.27. The third kappa shape index (κ3) is 1.28. The molecule has 1 fully saturated rings. The number of nitrogens with two attached hydrogens (primary N) is 2. The van der Waals surface area contributed by atoms with Gasteiger partial charge in [-0.1, -0.05) is 0 Å². The van der Waals surface area contributed by atoms with Crippen LogP contribution in [0.2, 0.25) is 0 Å². The van der Waals surface area contributed by atoms with Gasteiger partial charge in [0.1, 0.15) is 6.61 Å². The maximum Gasteiger partial charge on any atom is 0.340 e. The second-order valence-electron chi connectivity index (χ2n) is 2.80. The largest absolute Gasteiger partial charge is 0.457 e. The summed E-state index contributed by atoms with van der Waals surface area (Å²) in [5.74, 6) is -0.380. The smallest absolute Gasteiger partial charge is 0.340 e. The van der Waals surface area contributed by atoms with Crippen molar-refractivity contribution in [1.82, 2.24) is 0 Å². The Morgan fingerprint density at radius 1 is 1.33 bits per heavy atom. The maximum absolute atomic E-state index is 11.1. The van der Waals surface area contributed by atoms with Gasteiger partial charge in [0, 0.05) is 17.0 Å². The quantitative estimate of drug-likeness (QED) is 0.394. The topological polar surface area (TPSA) is 78.3 Å². The number of rotatable bonds is 0. The number of hydrogen-bond acceptors (Lipinski definition) is 4. The highest BCUT2D eigenvalue weighted by atomic mass is 16.5. The lowest BCUT2D eigenvalue weighted by molar-refractivity contribution is -0.135. The van der Waals surface area contributed by atoms with Crippen LogP contribution in [0.3, 0.4) is 0 Å². The zero-order chi connectivity index (χ0) is 9.30. The number of hydrogen-bond donors (Lipinski definition) is 2. The minimum atomic E-state index is -0.380. The van der Waals surface area contributed by atoms with Crippen molar-refractivity contribution in [1.29, 1.82) is 0 Å². The van der Waals surface area contributed by atoms with Gasteiger partial charge in [0.25, 0.3) is 0 Å². The van der Waals surface area contributed by atoms with E-state index in [9.17, 15) is 4.79 Å². The van der Waals surface area contributed by atoms with Gasteiger partial charge < -0.3 is 16.2 Å². The normalized spacial score (nSPS) is 25.3. The molecule has 0 radical (unpaired) electrons. The molecule has 0 aromatic carbocycles. The Hall–Kier alpha value is -1.45. The summed E-state index contributed by atoms with van der Waals surface area (Å²) in [4.78, 5) is 11.1. The standard InChI is InChI=1S/C8H12N2O2/c1-4(9)6-3-12-8(11)7(6)5(2)10/h3,9-10H2,1-2H3/b6-4-,7-5+. The van der Waals surface area contributed by atoms with Gasteiger partial charge >= 0.3 is 5.97 Å². The van der Waals surface area contributed by atoms with Crippen molar-refractivity contribution in [2.75, 3.05) is 6.61 Å². The predicted molar refractivity (Wildman–Crippen MR) is 44.7 cm³/mol. The van der Waals surface area contributed by atoms with E-state index < -0.39 is 0 Å². The van der Waals surface area contributed by atoms with E-state index in [0.29, 0.717) is 22.5 Å². The number of ether oxygens (including phenoxy) is 1. The van der Waals surface area contributed by atoms with Crippen molar-refractivity contribution in [3.8, 4) is 0 Å². The summed E-state index contributed by atoms with van der Waals surface area (Å²) in [5, 5.41) is 0. The Balaban J connectivity index is 3.20. The van der Waals surface area contributed by atoms with Crippen LogP contribution in [-0.4, -0.2) is 12.6 Å². The second kappa shape index (κ2) is 2.89.